The van der Waals surface area contributed by atoms with Crippen LogP contribution in [-0.2, 0) is 34.7 Å². The molecule has 3 aromatic rings. The molecule has 14 nitrogen and oxygen atoms in total. The number of rotatable bonds is 22. The summed E-state index contributed by atoms with van der Waals surface area (Å²) in [5.41, 5.74) is -1.35. The first-order valence-electron chi connectivity index (χ1n) is 17.9. The minimum atomic E-state index is -4.75. The van der Waals surface area contributed by atoms with Gasteiger partial charge in [0.1, 0.15) is 17.0 Å². The van der Waals surface area contributed by atoms with Crippen molar-refractivity contribution < 1.29 is 56.0 Å². The molecule has 0 atom stereocenters. The van der Waals surface area contributed by atoms with E-state index in [0.717, 1.165) is 6.20 Å². The highest BCUT2D eigenvalue weighted by Gasteiger charge is 2.33. The number of hydrogen-bond donors (Lipinski definition) is 2. The van der Waals surface area contributed by atoms with Crippen molar-refractivity contribution in [2.45, 2.75) is 39.0 Å². The second-order valence-corrected chi connectivity index (χ2v) is 13.5. The van der Waals surface area contributed by atoms with Gasteiger partial charge < -0.3 is 44.0 Å². The Balaban J connectivity index is 1.32. The fourth-order valence-corrected chi connectivity index (χ4v) is 5.07. The zero-order chi connectivity index (χ0) is 41.8. The van der Waals surface area contributed by atoms with Gasteiger partial charge in [-0.25, -0.2) is 4.79 Å². The number of anilines is 1. The van der Waals surface area contributed by atoms with E-state index in [9.17, 15) is 32.8 Å². The maximum atomic E-state index is 13.6. The Morgan fingerprint density at radius 3 is 2.02 bits per heavy atom. The van der Waals surface area contributed by atoms with Crippen molar-refractivity contribution in [3.05, 3.63) is 76.6 Å². The van der Waals surface area contributed by atoms with Crippen LogP contribution in [0.1, 0.15) is 48.8 Å². The number of hydrogen-bond acceptors (Lipinski definition) is 11. The van der Waals surface area contributed by atoms with Gasteiger partial charge in [-0.3, -0.25) is 14.6 Å². The maximum absolute atomic E-state index is 13.6. The van der Waals surface area contributed by atoms with Gasteiger partial charge in [0.05, 0.1) is 83.2 Å². The number of amides is 3. The van der Waals surface area contributed by atoms with E-state index in [1.807, 2.05) is 0 Å². The average Bonchev–Trinajstić information content (AvgIpc) is 3.16. The van der Waals surface area contributed by atoms with Crippen LogP contribution in [0.25, 0.3) is 11.1 Å². The van der Waals surface area contributed by atoms with Crippen molar-refractivity contribution in [1.29, 1.82) is 5.26 Å². The van der Waals surface area contributed by atoms with Crippen LogP contribution in [0.3, 0.4) is 0 Å². The maximum Gasteiger partial charge on any atom is 0.433 e. The Hall–Kier alpha value is -4.99. The van der Waals surface area contributed by atoms with Gasteiger partial charge in [0.2, 0.25) is 5.91 Å². The van der Waals surface area contributed by atoms with E-state index in [1.54, 1.807) is 51.1 Å². The van der Waals surface area contributed by atoms with E-state index in [1.165, 1.54) is 30.1 Å². The van der Waals surface area contributed by atoms with E-state index in [-0.39, 0.29) is 59.4 Å². The van der Waals surface area contributed by atoms with Crippen molar-refractivity contribution in [2.24, 2.45) is 0 Å². The zero-order valence-corrected chi connectivity index (χ0v) is 33.0. The number of alkyl halides is 3. The largest absolute Gasteiger partial charge is 0.491 e. The van der Waals surface area contributed by atoms with Crippen molar-refractivity contribution in [2.75, 3.05) is 84.5 Å². The number of carbonyl (C=O) groups is 3. The first-order valence-corrected chi connectivity index (χ1v) is 18.3. The molecule has 1 aromatic heterocycles. The standard InChI is InChI=1S/C39H47ClF3N5O9/c1-38(2,3)57-37(51)46-13-16-53-18-20-55-22-21-54-19-17-52-15-12-45-35(49)11-14-56-33-8-6-5-7-32(33)48(4)36(50)27-9-10-31(40)29(23-27)30-26-47-34(39(41,42)43)24-28(30)25-44/h5-10,23-24,26H,11-22H2,1-4H3,(H,45,49)(H,46,51). The minimum absolute atomic E-state index is 0.0159. The Labute approximate surface area is 334 Å². The SMILES string of the molecule is CN(C(=O)c1ccc(Cl)c(-c2cnc(C(F)(F)F)cc2C#N)c1)c1ccccc1OCCC(=O)NCCOCCOCCOCCOCCNC(=O)OC(C)(C)C. The second-order valence-electron chi connectivity index (χ2n) is 13.1. The summed E-state index contributed by atoms with van der Waals surface area (Å²) in [7, 11) is 1.51. The third kappa shape index (κ3) is 16.6. The molecule has 0 bridgehead atoms. The van der Waals surface area contributed by atoms with Crippen LogP contribution in [0.2, 0.25) is 5.02 Å². The number of alkyl carbamates (subject to hydrolysis) is 1. The van der Waals surface area contributed by atoms with Gasteiger partial charge >= 0.3 is 12.3 Å². The number of nitrogens with zero attached hydrogens (tertiary/aromatic N) is 3. The smallest absolute Gasteiger partial charge is 0.433 e. The van der Waals surface area contributed by atoms with Gasteiger partial charge in [0.15, 0.2) is 0 Å². The Kier molecular flexibility index (Phi) is 19.0. The number of pyridine rings is 1. The van der Waals surface area contributed by atoms with Gasteiger partial charge in [0.25, 0.3) is 5.91 Å². The summed E-state index contributed by atoms with van der Waals surface area (Å²) in [6, 6.07) is 13.3. The second kappa shape index (κ2) is 23.3. The highest BCUT2D eigenvalue weighted by molar-refractivity contribution is 6.33. The third-order valence-electron chi connectivity index (χ3n) is 7.54. The zero-order valence-electron chi connectivity index (χ0n) is 32.2. The molecule has 57 heavy (non-hydrogen) atoms. The molecule has 0 aliphatic rings. The first-order chi connectivity index (χ1) is 27.1. The molecule has 2 aromatic carbocycles. The number of nitriles is 1. The number of benzene rings is 2. The summed E-state index contributed by atoms with van der Waals surface area (Å²) < 4.78 is 72.3. The van der Waals surface area contributed by atoms with Gasteiger partial charge in [-0.05, 0) is 57.2 Å². The van der Waals surface area contributed by atoms with Crippen molar-refractivity contribution in [3.63, 3.8) is 0 Å². The van der Waals surface area contributed by atoms with Crippen molar-refractivity contribution >= 4 is 35.2 Å². The number of para-hydroxylation sites is 2. The molecule has 0 spiro atoms. The molecule has 0 aliphatic heterocycles. The molecule has 2 N–H and O–H groups in total. The lowest BCUT2D eigenvalue weighted by Crippen LogP contribution is -2.34. The summed E-state index contributed by atoms with van der Waals surface area (Å²) in [6.07, 6.45) is -4.30. The predicted octanol–water partition coefficient (Wildman–Crippen LogP) is 6.05. The van der Waals surface area contributed by atoms with E-state index >= 15 is 0 Å². The Morgan fingerprint density at radius 1 is 0.825 bits per heavy atom. The molecule has 0 unspecified atom stereocenters. The van der Waals surface area contributed by atoms with Gasteiger partial charge in [-0.1, -0.05) is 23.7 Å². The summed E-state index contributed by atoms with van der Waals surface area (Å²) in [5.74, 6) is -0.426. The predicted molar refractivity (Wildman–Crippen MR) is 204 cm³/mol. The first kappa shape index (κ1) is 46.4. The molecule has 310 valence electrons. The van der Waals surface area contributed by atoms with Gasteiger partial charge in [-0.2, -0.15) is 18.4 Å². The van der Waals surface area contributed by atoms with Gasteiger partial charge in [-0.15, -0.1) is 0 Å². The van der Waals surface area contributed by atoms with Crippen LogP contribution in [0.15, 0.2) is 54.7 Å². The number of aromatic nitrogens is 1. The summed E-state index contributed by atoms with van der Waals surface area (Å²) in [5, 5.41) is 15.0. The lowest BCUT2D eigenvalue weighted by Gasteiger charge is -2.21. The van der Waals surface area contributed by atoms with Crippen LogP contribution in [0, 0.1) is 11.3 Å². The van der Waals surface area contributed by atoms with Crippen molar-refractivity contribution in [3.8, 4) is 22.9 Å². The highest BCUT2D eigenvalue weighted by atomic mass is 35.5. The number of carbonyl (C=O) groups excluding carboxylic acids is 3. The molecule has 0 saturated heterocycles. The summed E-state index contributed by atoms with van der Waals surface area (Å²) >= 11 is 6.34. The molecule has 0 fully saturated rings. The van der Waals surface area contributed by atoms with Crippen LogP contribution >= 0.6 is 11.6 Å². The van der Waals surface area contributed by atoms with E-state index in [4.69, 9.17) is 40.0 Å². The summed E-state index contributed by atoms with van der Waals surface area (Å²) in [4.78, 5) is 42.2. The van der Waals surface area contributed by atoms with Crippen LogP contribution in [-0.4, -0.2) is 108 Å². The molecule has 3 rings (SSSR count). The number of ether oxygens (including phenoxy) is 6. The Bertz CT molecular complexity index is 1820. The monoisotopic (exact) mass is 821 g/mol. The fourth-order valence-electron chi connectivity index (χ4n) is 4.85. The quantitative estimate of drug-likeness (QED) is 0.113. The summed E-state index contributed by atoms with van der Waals surface area (Å²) in [6.45, 7) is 8.83. The number of halogens is 4. The number of nitrogens with one attached hydrogen (secondary N) is 2. The molecular weight excluding hydrogens is 775 g/mol. The van der Waals surface area contributed by atoms with Crippen LogP contribution < -0.4 is 20.3 Å². The lowest BCUT2D eigenvalue weighted by atomic mass is 9.99. The highest BCUT2D eigenvalue weighted by Crippen LogP contribution is 2.35. The van der Waals surface area contributed by atoms with Crippen LogP contribution in [0.4, 0.5) is 23.7 Å². The molecule has 1 heterocycles. The normalized spacial score (nSPS) is 11.4. The molecule has 3 amide bonds. The molecule has 0 radical (unpaired) electrons. The van der Waals surface area contributed by atoms with E-state index < -0.39 is 29.5 Å². The van der Waals surface area contributed by atoms with Crippen LogP contribution in [0.5, 0.6) is 5.75 Å². The van der Waals surface area contributed by atoms with E-state index in [0.29, 0.717) is 70.3 Å². The topological polar surface area (TPSA) is 171 Å². The third-order valence-corrected chi connectivity index (χ3v) is 7.87. The Morgan fingerprint density at radius 2 is 1.42 bits per heavy atom. The average molecular weight is 822 g/mol. The molecular formula is C39H47ClF3N5O9. The van der Waals surface area contributed by atoms with Crippen molar-refractivity contribution in [1.82, 2.24) is 15.6 Å². The van der Waals surface area contributed by atoms with Gasteiger partial charge in [0, 0.05) is 48.0 Å². The fraction of sp³-hybridized carbons (Fsp3) is 0.462. The van der Waals surface area contributed by atoms with E-state index in [2.05, 4.69) is 15.6 Å². The molecule has 0 saturated carbocycles. The minimum Gasteiger partial charge on any atom is -0.491 e. The molecule has 0 aliphatic carbocycles. The lowest BCUT2D eigenvalue weighted by molar-refractivity contribution is -0.141. The molecule has 18 heteroatoms.